The minimum Gasteiger partial charge on any atom is -0.328 e. The second kappa shape index (κ2) is 4.98. The van der Waals surface area contributed by atoms with Gasteiger partial charge in [-0.3, -0.25) is 10.2 Å². The summed E-state index contributed by atoms with van der Waals surface area (Å²) in [5, 5.41) is 3.74. The van der Waals surface area contributed by atoms with Crippen molar-refractivity contribution in [1.82, 2.24) is 20.1 Å². The third-order valence-electron chi connectivity index (χ3n) is 2.78. The summed E-state index contributed by atoms with van der Waals surface area (Å²) in [6.07, 6.45) is 3.90. The molecule has 7 nitrogen and oxygen atoms in total. The average Bonchev–Trinajstić information content (AvgIpc) is 3.18. The standard InChI is InChI=1S/C13H11N5O2/c14-16-12(19)13-15-11(17-20-13)9-3-5-10(6-4-9)18-7-1-2-8-18/h1-8H,14H2,(H,16,19). The van der Waals surface area contributed by atoms with Gasteiger partial charge in [-0.05, 0) is 36.4 Å². The van der Waals surface area contributed by atoms with E-state index in [1.54, 1.807) is 0 Å². The van der Waals surface area contributed by atoms with Crippen molar-refractivity contribution in [1.29, 1.82) is 0 Å². The summed E-state index contributed by atoms with van der Waals surface area (Å²) < 4.78 is 6.80. The van der Waals surface area contributed by atoms with E-state index in [4.69, 9.17) is 10.4 Å². The Hall–Kier alpha value is -2.93. The summed E-state index contributed by atoms with van der Waals surface area (Å²) in [7, 11) is 0. The van der Waals surface area contributed by atoms with Crippen molar-refractivity contribution >= 4 is 5.91 Å². The fourth-order valence-electron chi connectivity index (χ4n) is 1.78. The molecule has 1 amide bonds. The van der Waals surface area contributed by atoms with Gasteiger partial charge in [0.1, 0.15) is 0 Å². The molecule has 0 unspecified atom stereocenters. The van der Waals surface area contributed by atoms with Gasteiger partial charge in [0.2, 0.25) is 5.82 Å². The summed E-state index contributed by atoms with van der Waals surface area (Å²) >= 11 is 0. The minimum absolute atomic E-state index is 0.169. The van der Waals surface area contributed by atoms with Crippen molar-refractivity contribution in [2.24, 2.45) is 5.84 Å². The number of benzene rings is 1. The van der Waals surface area contributed by atoms with Crippen LogP contribution in [0.3, 0.4) is 0 Å². The number of carbonyl (C=O) groups is 1. The third kappa shape index (κ3) is 2.17. The van der Waals surface area contributed by atoms with E-state index in [1.165, 1.54) is 0 Å². The molecule has 1 aromatic carbocycles. The first-order valence-corrected chi connectivity index (χ1v) is 5.86. The van der Waals surface area contributed by atoms with E-state index in [2.05, 4.69) is 10.1 Å². The van der Waals surface area contributed by atoms with Gasteiger partial charge >= 0.3 is 11.8 Å². The van der Waals surface area contributed by atoms with Gasteiger partial charge in [-0.2, -0.15) is 4.98 Å². The van der Waals surface area contributed by atoms with Crippen LogP contribution in [-0.2, 0) is 0 Å². The molecule has 0 aliphatic rings. The molecule has 20 heavy (non-hydrogen) atoms. The van der Waals surface area contributed by atoms with Crippen LogP contribution in [-0.4, -0.2) is 20.6 Å². The molecule has 2 aromatic heterocycles. The molecule has 2 heterocycles. The van der Waals surface area contributed by atoms with E-state index < -0.39 is 5.91 Å². The summed E-state index contributed by atoms with van der Waals surface area (Å²) in [5.74, 6) is 4.54. The molecule has 7 heteroatoms. The van der Waals surface area contributed by atoms with Gasteiger partial charge in [-0.25, -0.2) is 5.84 Å². The van der Waals surface area contributed by atoms with Crippen LogP contribution in [0.15, 0.2) is 53.3 Å². The molecular formula is C13H11N5O2. The van der Waals surface area contributed by atoms with Crippen LogP contribution >= 0.6 is 0 Å². The van der Waals surface area contributed by atoms with E-state index in [0.29, 0.717) is 5.82 Å². The molecule has 0 saturated carbocycles. The topological polar surface area (TPSA) is 99.0 Å². The number of amides is 1. The maximum absolute atomic E-state index is 11.2. The number of hydrazine groups is 1. The van der Waals surface area contributed by atoms with E-state index in [1.807, 2.05) is 58.8 Å². The van der Waals surface area contributed by atoms with Crippen LogP contribution in [0.4, 0.5) is 0 Å². The molecule has 0 aliphatic heterocycles. The molecule has 0 fully saturated rings. The van der Waals surface area contributed by atoms with Crippen molar-refractivity contribution in [3.63, 3.8) is 0 Å². The van der Waals surface area contributed by atoms with Gasteiger partial charge in [-0.1, -0.05) is 5.16 Å². The Morgan fingerprint density at radius 3 is 2.55 bits per heavy atom. The number of carbonyl (C=O) groups excluding carboxylic acids is 1. The number of nitrogens with zero attached hydrogens (tertiary/aromatic N) is 3. The van der Waals surface area contributed by atoms with Crippen LogP contribution in [0.25, 0.3) is 17.1 Å². The molecule has 0 radical (unpaired) electrons. The summed E-state index contributed by atoms with van der Waals surface area (Å²) in [5.41, 5.74) is 3.70. The van der Waals surface area contributed by atoms with Crippen molar-refractivity contribution < 1.29 is 9.32 Å². The van der Waals surface area contributed by atoms with Crippen molar-refractivity contribution in [2.45, 2.75) is 0 Å². The quantitative estimate of drug-likeness (QED) is 0.422. The summed E-state index contributed by atoms with van der Waals surface area (Å²) in [4.78, 5) is 15.2. The molecular weight excluding hydrogens is 258 g/mol. The Morgan fingerprint density at radius 1 is 1.20 bits per heavy atom. The largest absolute Gasteiger partial charge is 0.328 e. The molecule has 0 atom stereocenters. The molecule has 0 aliphatic carbocycles. The Labute approximate surface area is 114 Å². The summed E-state index contributed by atoms with van der Waals surface area (Å²) in [6, 6.07) is 11.5. The predicted octanol–water partition coefficient (Wildman–Crippen LogP) is 1.13. The molecule has 0 spiro atoms. The Bertz CT molecular complexity index is 716. The van der Waals surface area contributed by atoms with Crippen LogP contribution in [0, 0.1) is 0 Å². The highest BCUT2D eigenvalue weighted by atomic mass is 16.5. The van der Waals surface area contributed by atoms with Crippen LogP contribution in [0.1, 0.15) is 10.7 Å². The normalized spacial score (nSPS) is 10.4. The maximum Gasteiger partial charge on any atom is 0.323 e. The third-order valence-corrected chi connectivity index (χ3v) is 2.78. The molecule has 3 rings (SSSR count). The van der Waals surface area contributed by atoms with Crippen molar-refractivity contribution in [3.05, 3.63) is 54.7 Å². The second-order valence-corrected chi connectivity index (χ2v) is 4.03. The first-order chi connectivity index (χ1) is 9.78. The van der Waals surface area contributed by atoms with Gasteiger partial charge < -0.3 is 9.09 Å². The van der Waals surface area contributed by atoms with Gasteiger partial charge in [0.05, 0.1) is 0 Å². The SMILES string of the molecule is NNC(=O)c1nc(-c2ccc(-n3cccc3)cc2)no1. The smallest absolute Gasteiger partial charge is 0.323 e. The zero-order valence-corrected chi connectivity index (χ0v) is 10.4. The first kappa shape index (κ1) is 12.1. The number of hydrogen-bond donors (Lipinski definition) is 2. The van der Waals surface area contributed by atoms with Gasteiger partial charge in [0.15, 0.2) is 0 Å². The number of aromatic nitrogens is 3. The lowest BCUT2D eigenvalue weighted by Crippen LogP contribution is -2.30. The number of rotatable bonds is 3. The van der Waals surface area contributed by atoms with Crippen molar-refractivity contribution in [2.75, 3.05) is 0 Å². The van der Waals surface area contributed by atoms with Gasteiger partial charge in [0.25, 0.3) is 0 Å². The van der Waals surface area contributed by atoms with E-state index in [0.717, 1.165) is 11.3 Å². The summed E-state index contributed by atoms with van der Waals surface area (Å²) in [6.45, 7) is 0. The number of hydrogen-bond acceptors (Lipinski definition) is 5. The highest BCUT2D eigenvalue weighted by molar-refractivity contribution is 5.89. The van der Waals surface area contributed by atoms with E-state index >= 15 is 0 Å². The lowest BCUT2D eigenvalue weighted by atomic mass is 10.2. The number of nitrogens with one attached hydrogen (secondary N) is 1. The van der Waals surface area contributed by atoms with E-state index in [-0.39, 0.29) is 5.89 Å². The van der Waals surface area contributed by atoms with Crippen LogP contribution < -0.4 is 11.3 Å². The fourth-order valence-corrected chi connectivity index (χ4v) is 1.78. The second-order valence-electron chi connectivity index (χ2n) is 4.03. The lowest BCUT2D eigenvalue weighted by molar-refractivity contribution is 0.0910. The highest BCUT2D eigenvalue weighted by Gasteiger charge is 2.14. The monoisotopic (exact) mass is 269 g/mol. The maximum atomic E-state index is 11.2. The lowest BCUT2D eigenvalue weighted by Gasteiger charge is -2.02. The minimum atomic E-state index is -0.618. The van der Waals surface area contributed by atoms with Crippen LogP contribution in [0.2, 0.25) is 0 Å². The number of nitrogens with two attached hydrogens (primary N) is 1. The predicted molar refractivity (Wildman–Crippen MR) is 70.7 cm³/mol. The molecule has 0 saturated heterocycles. The van der Waals surface area contributed by atoms with Gasteiger partial charge in [-0.15, -0.1) is 0 Å². The highest BCUT2D eigenvalue weighted by Crippen LogP contribution is 2.18. The molecule has 3 aromatic rings. The molecule has 0 bridgehead atoms. The fraction of sp³-hybridized carbons (Fsp3) is 0. The zero-order chi connectivity index (χ0) is 13.9. The van der Waals surface area contributed by atoms with Crippen molar-refractivity contribution in [3.8, 4) is 17.1 Å². The molecule has 100 valence electrons. The van der Waals surface area contributed by atoms with E-state index in [9.17, 15) is 4.79 Å². The average molecular weight is 269 g/mol. The zero-order valence-electron chi connectivity index (χ0n) is 10.4. The van der Waals surface area contributed by atoms with Gasteiger partial charge in [0, 0.05) is 23.6 Å². The van der Waals surface area contributed by atoms with Crippen LogP contribution in [0.5, 0.6) is 0 Å². The Kier molecular flexibility index (Phi) is 3.02. The molecule has 3 N–H and O–H groups in total. The Balaban J connectivity index is 1.88. The number of nitrogen functional groups attached to an aromatic ring is 1. The first-order valence-electron chi connectivity index (χ1n) is 5.86. The Morgan fingerprint density at radius 2 is 1.90 bits per heavy atom.